The fraction of sp³-hybridized carbons (Fsp3) is 0.0909. The second-order valence-corrected chi connectivity index (χ2v) is 2.61. The molecule has 0 aromatic rings. The number of ketones is 1. The molecule has 5 nitrogen and oxygen atoms in total. The van der Waals surface area contributed by atoms with E-state index in [-0.39, 0.29) is 5.78 Å². The maximum Gasteiger partial charge on any atom is 0.199 e. The van der Waals surface area contributed by atoms with E-state index in [1.807, 2.05) is 0 Å². The zero-order valence-electron chi connectivity index (χ0n) is 8.56. The summed E-state index contributed by atoms with van der Waals surface area (Å²) in [7, 11) is 0. The number of rotatable bonds is 0. The van der Waals surface area contributed by atoms with Gasteiger partial charge in [0.1, 0.15) is 0 Å². The van der Waals surface area contributed by atoms with Gasteiger partial charge in [0, 0.05) is 24.7 Å². The number of nitrogens with zero attached hydrogens (tertiary/aromatic N) is 3. The van der Waals surface area contributed by atoms with Crippen LogP contribution in [0.5, 0.6) is 0 Å². The van der Waals surface area contributed by atoms with Crippen LogP contribution in [0.1, 0.15) is 0 Å². The number of ether oxygens (including phenoxy) is 1. The normalized spacial score (nSPS) is 16.9. The van der Waals surface area contributed by atoms with Gasteiger partial charge in [0.05, 0.1) is 19.0 Å². The van der Waals surface area contributed by atoms with Crippen LogP contribution in [0.15, 0.2) is 51.9 Å². The summed E-state index contributed by atoms with van der Waals surface area (Å²) >= 11 is 0. The minimum atomic E-state index is -0.257. The average molecular weight is 217 g/mol. The fourth-order valence-corrected chi connectivity index (χ4v) is 0.750. The van der Waals surface area contributed by atoms with Crippen LogP contribution in [0, 0.1) is 0 Å². The molecule has 0 bridgehead atoms. The Morgan fingerprint density at radius 3 is 3.12 bits per heavy atom. The molecule has 1 rings (SSSR count). The molecule has 0 fully saturated rings. The number of aliphatic imine (C=N–C) groups is 3. The highest BCUT2D eigenvalue weighted by atomic mass is 16.5. The molecule has 0 aromatic heterocycles. The molecule has 0 unspecified atom stereocenters. The molecule has 82 valence electrons. The molecular formula is C11H11N3O2. The fourth-order valence-electron chi connectivity index (χ4n) is 0.750. The van der Waals surface area contributed by atoms with Crippen molar-refractivity contribution in [2.24, 2.45) is 15.0 Å². The summed E-state index contributed by atoms with van der Waals surface area (Å²) in [5, 5.41) is 0. The Hall–Kier alpha value is -2.30. The smallest absolute Gasteiger partial charge is 0.199 e. The molecule has 0 N–H and O–H groups in total. The molecule has 0 radical (unpaired) electrons. The third kappa shape index (κ3) is 6.20. The molecule has 0 spiro atoms. The molecule has 1 aliphatic rings. The summed E-state index contributed by atoms with van der Waals surface area (Å²) in [5.41, 5.74) is 0. The lowest BCUT2D eigenvalue weighted by molar-refractivity contribution is -0.108. The van der Waals surface area contributed by atoms with Crippen molar-refractivity contribution in [3.63, 3.8) is 0 Å². The summed E-state index contributed by atoms with van der Waals surface area (Å²) < 4.78 is 4.81. The first-order chi connectivity index (χ1) is 7.89. The van der Waals surface area contributed by atoms with E-state index in [0.29, 0.717) is 6.54 Å². The monoisotopic (exact) mass is 217 g/mol. The Balaban J connectivity index is 2.65. The molecule has 0 atom stereocenters. The van der Waals surface area contributed by atoms with E-state index in [1.54, 1.807) is 18.4 Å². The second-order valence-electron chi connectivity index (χ2n) is 2.61. The minimum Gasteiger partial charge on any atom is -0.453 e. The molecule has 1 heterocycles. The molecule has 16 heavy (non-hydrogen) atoms. The van der Waals surface area contributed by atoms with E-state index in [0.717, 1.165) is 0 Å². The highest BCUT2D eigenvalue weighted by Crippen LogP contribution is 1.82. The first-order valence-electron chi connectivity index (χ1n) is 4.60. The third-order valence-corrected chi connectivity index (χ3v) is 1.40. The predicted octanol–water partition coefficient (Wildman–Crippen LogP) is 1.30. The van der Waals surface area contributed by atoms with Gasteiger partial charge in [-0.25, -0.2) is 4.99 Å². The zero-order chi connectivity index (χ0) is 11.5. The van der Waals surface area contributed by atoms with Gasteiger partial charge in [-0.05, 0) is 12.2 Å². The van der Waals surface area contributed by atoms with Crippen molar-refractivity contribution in [1.29, 1.82) is 0 Å². The second kappa shape index (κ2) is 8.05. The van der Waals surface area contributed by atoms with Crippen LogP contribution in [-0.2, 0) is 9.53 Å². The minimum absolute atomic E-state index is 0.257. The van der Waals surface area contributed by atoms with Crippen LogP contribution in [0.25, 0.3) is 0 Å². The number of allylic oxidation sites excluding steroid dienone is 2. The summed E-state index contributed by atoms with van der Waals surface area (Å²) in [6.07, 6.45) is 13.0. The lowest BCUT2D eigenvalue weighted by atomic mass is 10.4. The van der Waals surface area contributed by atoms with Crippen molar-refractivity contribution < 1.29 is 9.53 Å². The Morgan fingerprint density at radius 2 is 2.19 bits per heavy atom. The van der Waals surface area contributed by atoms with E-state index >= 15 is 0 Å². The largest absolute Gasteiger partial charge is 0.453 e. The molecule has 0 saturated heterocycles. The Bertz CT molecular complexity index is 390. The van der Waals surface area contributed by atoms with Crippen LogP contribution in [-0.4, -0.2) is 31.2 Å². The molecule has 1 aliphatic heterocycles. The highest BCUT2D eigenvalue weighted by molar-refractivity contribution is 6.32. The van der Waals surface area contributed by atoms with Gasteiger partial charge in [0.25, 0.3) is 0 Å². The molecule has 0 aromatic carbocycles. The van der Waals surface area contributed by atoms with Crippen molar-refractivity contribution in [3.05, 3.63) is 36.9 Å². The van der Waals surface area contributed by atoms with Crippen molar-refractivity contribution in [2.75, 3.05) is 6.54 Å². The van der Waals surface area contributed by atoms with E-state index in [9.17, 15) is 4.79 Å². The predicted molar refractivity (Wildman–Crippen MR) is 63.9 cm³/mol. The van der Waals surface area contributed by atoms with Gasteiger partial charge in [-0.1, -0.05) is 0 Å². The molecule has 0 amide bonds. The van der Waals surface area contributed by atoms with E-state index < -0.39 is 0 Å². The van der Waals surface area contributed by atoms with E-state index in [1.165, 1.54) is 37.4 Å². The van der Waals surface area contributed by atoms with Crippen LogP contribution >= 0.6 is 0 Å². The average Bonchev–Trinajstić information content (AvgIpc) is 2.29. The van der Waals surface area contributed by atoms with E-state index in [2.05, 4.69) is 15.0 Å². The zero-order valence-corrected chi connectivity index (χ0v) is 8.56. The lowest BCUT2D eigenvalue weighted by Crippen LogP contribution is -1.92. The van der Waals surface area contributed by atoms with Crippen LogP contribution in [0.4, 0.5) is 0 Å². The number of hydrogen-bond acceptors (Lipinski definition) is 5. The van der Waals surface area contributed by atoms with Gasteiger partial charge in [-0.3, -0.25) is 14.8 Å². The first kappa shape index (κ1) is 11.8. The summed E-state index contributed by atoms with van der Waals surface area (Å²) in [4.78, 5) is 22.6. The third-order valence-electron chi connectivity index (χ3n) is 1.40. The summed E-state index contributed by atoms with van der Waals surface area (Å²) in [6, 6.07) is 0. The van der Waals surface area contributed by atoms with E-state index in [4.69, 9.17) is 4.74 Å². The SMILES string of the molecule is O=C1C=COC=NC=CC=NCC=CN=C1. The van der Waals surface area contributed by atoms with Gasteiger partial charge >= 0.3 is 0 Å². The van der Waals surface area contributed by atoms with Gasteiger partial charge < -0.3 is 4.74 Å². The van der Waals surface area contributed by atoms with Gasteiger partial charge in [-0.2, -0.15) is 0 Å². The maximum absolute atomic E-state index is 11.1. The topological polar surface area (TPSA) is 63.4 Å². The maximum atomic E-state index is 11.1. The van der Waals surface area contributed by atoms with Gasteiger partial charge in [-0.15, -0.1) is 0 Å². The summed E-state index contributed by atoms with van der Waals surface area (Å²) in [6.45, 7) is 0.506. The van der Waals surface area contributed by atoms with Gasteiger partial charge in [0.15, 0.2) is 12.2 Å². The van der Waals surface area contributed by atoms with Crippen molar-refractivity contribution >= 4 is 24.6 Å². The molecule has 5 heteroatoms. The Kier molecular flexibility index (Phi) is 5.92. The summed E-state index contributed by atoms with van der Waals surface area (Å²) in [5.74, 6) is -0.257. The number of hydrogen-bond donors (Lipinski definition) is 0. The van der Waals surface area contributed by atoms with Crippen molar-refractivity contribution in [3.8, 4) is 0 Å². The Labute approximate surface area is 93.3 Å². The molecule has 0 saturated carbocycles. The Morgan fingerprint density at radius 1 is 1.25 bits per heavy atom. The lowest BCUT2D eigenvalue weighted by Gasteiger charge is -1.85. The highest BCUT2D eigenvalue weighted by Gasteiger charge is 1.86. The van der Waals surface area contributed by atoms with Crippen LogP contribution in [0.2, 0.25) is 0 Å². The standard InChI is InChI=1S/C11H11N3O2/c15-11-3-8-16-10-14-7-2-5-12-4-1-6-13-9-11/h1-3,5-10H,4H2. The molecule has 0 aliphatic carbocycles. The number of carbonyl (C=O) groups excluding carboxylic acids is 1. The quantitative estimate of drug-likeness (QED) is 0.613. The van der Waals surface area contributed by atoms with Gasteiger partial charge in [0.2, 0.25) is 0 Å². The van der Waals surface area contributed by atoms with Crippen molar-refractivity contribution in [1.82, 2.24) is 0 Å². The van der Waals surface area contributed by atoms with Crippen LogP contribution < -0.4 is 0 Å². The van der Waals surface area contributed by atoms with Crippen molar-refractivity contribution in [2.45, 2.75) is 0 Å². The number of carbonyl (C=O) groups is 1. The van der Waals surface area contributed by atoms with Crippen LogP contribution in [0.3, 0.4) is 0 Å². The first-order valence-corrected chi connectivity index (χ1v) is 4.60. The molecular weight excluding hydrogens is 206 g/mol.